The van der Waals surface area contributed by atoms with Crippen LogP contribution in [0.15, 0.2) is 0 Å². The third-order valence-electron chi connectivity index (χ3n) is 3.14. The SMILES string of the molecule is CCCCC(CCC)NC(COC)C(C)C. The van der Waals surface area contributed by atoms with E-state index in [2.05, 4.69) is 33.0 Å². The van der Waals surface area contributed by atoms with Crippen molar-refractivity contribution in [3.63, 3.8) is 0 Å². The minimum Gasteiger partial charge on any atom is -0.383 e. The lowest BCUT2D eigenvalue weighted by molar-refractivity contribution is 0.137. The number of hydrogen-bond donors (Lipinski definition) is 1. The molecule has 0 bridgehead atoms. The van der Waals surface area contributed by atoms with E-state index >= 15 is 0 Å². The van der Waals surface area contributed by atoms with Crippen LogP contribution in [0.3, 0.4) is 0 Å². The number of ether oxygens (including phenoxy) is 1. The molecule has 2 unspecified atom stereocenters. The van der Waals surface area contributed by atoms with Crippen LogP contribution in [0.25, 0.3) is 0 Å². The van der Waals surface area contributed by atoms with E-state index in [0.717, 1.165) is 6.61 Å². The molecule has 0 aromatic heterocycles. The summed E-state index contributed by atoms with van der Waals surface area (Å²) in [5, 5.41) is 3.77. The van der Waals surface area contributed by atoms with Crippen molar-refractivity contribution in [1.29, 1.82) is 0 Å². The largest absolute Gasteiger partial charge is 0.383 e. The number of unbranched alkanes of at least 4 members (excludes halogenated alkanes) is 1. The molecule has 0 saturated heterocycles. The highest BCUT2D eigenvalue weighted by atomic mass is 16.5. The summed E-state index contributed by atoms with van der Waals surface area (Å²) >= 11 is 0. The molecule has 98 valence electrons. The summed E-state index contributed by atoms with van der Waals surface area (Å²) in [4.78, 5) is 0. The summed E-state index contributed by atoms with van der Waals surface area (Å²) in [6.45, 7) is 9.88. The quantitative estimate of drug-likeness (QED) is 0.618. The first-order chi connectivity index (χ1) is 7.65. The van der Waals surface area contributed by atoms with E-state index in [1.54, 1.807) is 7.11 Å². The number of methoxy groups -OCH3 is 1. The molecule has 2 nitrogen and oxygen atoms in total. The monoisotopic (exact) mass is 229 g/mol. The highest BCUT2D eigenvalue weighted by Crippen LogP contribution is 2.11. The maximum absolute atomic E-state index is 5.29. The van der Waals surface area contributed by atoms with E-state index in [4.69, 9.17) is 4.74 Å². The topological polar surface area (TPSA) is 21.3 Å². The Kier molecular flexibility index (Phi) is 10.0. The van der Waals surface area contributed by atoms with Crippen LogP contribution in [-0.2, 0) is 4.74 Å². The van der Waals surface area contributed by atoms with Crippen molar-refractivity contribution >= 4 is 0 Å². The summed E-state index contributed by atoms with van der Waals surface area (Å²) in [5.74, 6) is 0.640. The van der Waals surface area contributed by atoms with Gasteiger partial charge in [-0.1, -0.05) is 47.0 Å². The molecule has 2 atom stereocenters. The Morgan fingerprint density at radius 2 is 1.75 bits per heavy atom. The maximum Gasteiger partial charge on any atom is 0.0618 e. The van der Waals surface area contributed by atoms with Gasteiger partial charge < -0.3 is 10.1 Å². The van der Waals surface area contributed by atoms with Crippen molar-refractivity contribution in [3.8, 4) is 0 Å². The van der Waals surface area contributed by atoms with E-state index in [0.29, 0.717) is 18.0 Å². The molecule has 0 fully saturated rings. The minimum absolute atomic E-state index is 0.499. The average molecular weight is 229 g/mol. The molecule has 0 rings (SSSR count). The van der Waals surface area contributed by atoms with Crippen LogP contribution in [-0.4, -0.2) is 25.8 Å². The fourth-order valence-electron chi connectivity index (χ4n) is 2.03. The van der Waals surface area contributed by atoms with Gasteiger partial charge in [-0.3, -0.25) is 0 Å². The second kappa shape index (κ2) is 10.1. The highest BCUT2D eigenvalue weighted by Gasteiger charge is 2.17. The van der Waals surface area contributed by atoms with Crippen LogP contribution in [0.1, 0.15) is 59.8 Å². The van der Waals surface area contributed by atoms with Gasteiger partial charge in [0.2, 0.25) is 0 Å². The van der Waals surface area contributed by atoms with E-state index in [-0.39, 0.29) is 0 Å². The van der Waals surface area contributed by atoms with E-state index in [1.807, 2.05) is 0 Å². The molecule has 0 amide bonds. The summed E-state index contributed by atoms with van der Waals surface area (Å²) < 4.78 is 5.29. The van der Waals surface area contributed by atoms with Crippen molar-refractivity contribution < 1.29 is 4.74 Å². The van der Waals surface area contributed by atoms with Gasteiger partial charge in [0.25, 0.3) is 0 Å². The predicted molar refractivity (Wildman–Crippen MR) is 71.9 cm³/mol. The lowest BCUT2D eigenvalue weighted by Crippen LogP contribution is -2.44. The molecule has 0 aliphatic heterocycles. The molecule has 0 aromatic rings. The van der Waals surface area contributed by atoms with Gasteiger partial charge in [0, 0.05) is 19.2 Å². The smallest absolute Gasteiger partial charge is 0.0618 e. The lowest BCUT2D eigenvalue weighted by Gasteiger charge is -2.28. The number of nitrogens with one attached hydrogen (secondary N) is 1. The van der Waals surface area contributed by atoms with Gasteiger partial charge in [0.1, 0.15) is 0 Å². The molecule has 0 spiro atoms. The van der Waals surface area contributed by atoms with Crippen LogP contribution in [0.5, 0.6) is 0 Å². The van der Waals surface area contributed by atoms with E-state index in [9.17, 15) is 0 Å². The third kappa shape index (κ3) is 7.24. The van der Waals surface area contributed by atoms with Gasteiger partial charge in [-0.15, -0.1) is 0 Å². The van der Waals surface area contributed by atoms with E-state index in [1.165, 1.54) is 32.1 Å². The minimum atomic E-state index is 0.499. The van der Waals surface area contributed by atoms with Crippen LogP contribution in [0, 0.1) is 5.92 Å². The van der Waals surface area contributed by atoms with Crippen molar-refractivity contribution in [3.05, 3.63) is 0 Å². The summed E-state index contributed by atoms with van der Waals surface area (Å²) in [5.41, 5.74) is 0. The molecule has 0 heterocycles. The molecule has 16 heavy (non-hydrogen) atoms. The van der Waals surface area contributed by atoms with E-state index < -0.39 is 0 Å². The second-order valence-electron chi connectivity index (χ2n) is 5.10. The average Bonchev–Trinajstić information content (AvgIpc) is 2.25. The van der Waals surface area contributed by atoms with Crippen LogP contribution >= 0.6 is 0 Å². The van der Waals surface area contributed by atoms with Crippen LogP contribution < -0.4 is 5.32 Å². The first-order valence-electron chi connectivity index (χ1n) is 6.90. The summed E-state index contributed by atoms with van der Waals surface area (Å²) in [6.07, 6.45) is 6.47. The zero-order valence-corrected chi connectivity index (χ0v) is 11.9. The molecule has 0 aliphatic rings. The van der Waals surface area contributed by atoms with Gasteiger partial charge in [-0.2, -0.15) is 0 Å². The summed E-state index contributed by atoms with van der Waals surface area (Å²) in [7, 11) is 1.79. The Morgan fingerprint density at radius 1 is 1.06 bits per heavy atom. The zero-order valence-electron chi connectivity index (χ0n) is 11.9. The Balaban J connectivity index is 4.09. The fraction of sp³-hybridized carbons (Fsp3) is 1.00. The molecular weight excluding hydrogens is 198 g/mol. The highest BCUT2D eigenvalue weighted by molar-refractivity contribution is 4.76. The fourth-order valence-corrected chi connectivity index (χ4v) is 2.03. The number of rotatable bonds is 10. The molecule has 0 aromatic carbocycles. The standard InChI is InChI=1S/C14H31NO/c1-6-8-10-13(9-7-2)15-14(11-16-5)12(3)4/h12-15H,6-11H2,1-5H3. The first-order valence-corrected chi connectivity index (χ1v) is 6.90. The molecule has 2 heteroatoms. The normalized spacial score (nSPS) is 15.4. The molecule has 0 aliphatic carbocycles. The Hall–Kier alpha value is -0.0800. The Morgan fingerprint density at radius 3 is 2.19 bits per heavy atom. The van der Waals surface area contributed by atoms with Gasteiger partial charge in [0.15, 0.2) is 0 Å². The molecule has 1 N–H and O–H groups in total. The Bertz CT molecular complexity index is 148. The predicted octanol–water partition coefficient (Wildman–Crippen LogP) is 3.61. The zero-order chi connectivity index (χ0) is 12.4. The molecular formula is C14H31NO. The lowest BCUT2D eigenvalue weighted by atomic mass is 10.00. The van der Waals surface area contributed by atoms with Gasteiger partial charge in [0.05, 0.1) is 6.61 Å². The van der Waals surface area contributed by atoms with Gasteiger partial charge >= 0.3 is 0 Å². The van der Waals surface area contributed by atoms with Crippen LogP contribution in [0.2, 0.25) is 0 Å². The second-order valence-corrected chi connectivity index (χ2v) is 5.10. The van der Waals surface area contributed by atoms with Gasteiger partial charge in [-0.05, 0) is 18.8 Å². The molecule has 0 saturated carbocycles. The van der Waals surface area contributed by atoms with Crippen LogP contribution in [0.4, 0.5) is 0 Å². The molecule has 0 radical (unpaired) electrons. The van der Waals surface area contributed by atoms with Crippen molar-refractivity contribution in [2.24, 2.45) is 5.92 Å². The summed E-state index contributed by atoms with van der Waals surface area (Å²) in [6, 6.07) is 1.17. The first kappa shape index (κ1) is 15.9. The van der Waals surface area contributed by atoms with Gasteiger partial charge in [-0.25, -0.2) is 0 Å². The number of hydrogen-bond acceptors (Lipinski definition) is 2. The maximum atomic E-state index is 5.29. The van der Waals surface area contributed by atoms with Crippen molar-refractivity contribution in [2.45, 2.75) is 71.9 Å². The van der Waals surface area contributed by atoms with Crippen molar-refractivity contribution in [1.82, 2.24) is 5.32 Å². The van der Waals surface area contributed by atoms with Crippen molar-refractivity contribution in [2.75, 3.05) is 13.7 Å². The third-order valence-corrected chi connectivity index (χ3v) is 3.14. The Labute approximate surface area is 102 Å².